The van der Waals surface area contributed by atoms with Crippen molar-refractivity contribution in [3.63, 3.8) is 0 Å². The summed E-state index contributed by atoms with van der Waals surface area (Å²) in [5.74, 6) is -0.258. The Labute approximate surface area is 48.6 Å². The van der Waals surface area contributed by atoms with Crippen molar-refractivity contribution in [2.75, 3.05) is 19.8 Å². The van der Waals surface area contributed by atoms with Gasteiger partial charge in [-0.3, -0.25) is 0 Å². The molecule has 8 heavy (non-hydrogen) atoms. The molecule has 3 nitrogen and oxygen atoms in total. The van der Waals surface area contributed by atoms with Gasteiger partial charge in [-0.05, 0) is 0 Å². The van der Waals surface area contributed by atoms with Crippen LogP contribution >= 0.6 is 0 Å². The van der Waals surface area contributed by atoms with Crippen molar-refractivity contribution in [2.24, 2.45) is 0 Å². The summed E-state index contributed by atoms with van der Waals surface area (Å²) in [7, 11) is 0. The molecule has 0 spiro atoms. The van der Waals surface area contributed by atoms with E-state index in [0.29, 0.717) is 13.2 Å². The number of carbonyl (C=O) groups excluding carboxylic acids is 1. The van der Waals surface area contributed by atoms with E-state index < -0.39 is 0 Å². The van der Waals surface area contributed by atoms with Gasteiger partial charge in [0.1, 0.15) is 13.2 Å². The van der Waals surface area contributed by atoms with E-state index in [-0.39, 0.29) is 20.0 Å². The van der Waals surface area contributed by atoms with Crippen molar-refractivity contribution >= 4 is 5.97 Å². The van der Waals surface area contributed by atoms with Gasteiger partial charge in [-0.2, -0.15) is 0 Å². The van der Waals surface area contributed by atoms with E-state index in [0.717, 1.165) is 0 Å². The SMILES string of the molecule is C.O=C1COCCO1. The summed E-state index contributed by atoms with van der Waals surface area (Å²) >= 11 is 0. The molecule has 1 saturated heterocycles. The average Bonchev–Trinajstić information content (AvgIpc) is 1.69. The molecule has 0 unspecified atom stereocenters. The second kappa shape index (κ2) is 3.43. The molecule has 0 saturated carbocycles. The van der Waals surface area contributed by atoms with E-state index in [9.17, 15) is 4.79 Å². The summed E-state index contributed by atoms with van der Waals surface area (Å²) in [5.41, 5.74) is 0. The van der Waals surface area contributed by atoms with Crippen LogP contribution in [0.25, 0.3) is 0 Å². The third kappa shape index (κ3) is 1.93. The topological polar surface area (TPSA) is 35.5 Å². The Bertz CT molecular complexity index is 71.7. The van der Waals surface area contributed by atoms with E-state index in [1.165, 1.54) is 0 Å². The van der Waals surface area contributed by atoms with Crippen LogP contribution in [0.1, 0.15) is 7.43 Å². The van der Waals surface area contributed by atoms with Gasteiger partial charge >= 0.3 is 5.97 Å². The molecule has 0 aromatic rings. The fraction of sp³-hybridized carbons (Fsp3) is 0.800. The molecular weight excluding hydrogens is 108 g/mol. The molecule has 1 heterocycles. The Hall–Kier alpha value is -0.570. The highest BCUT2D eigenvalue weighted by Crippen LogP contribution is 1.88. The highest BCUT2D eigenvalue weighted by molar-refractivity contribution is 5.71. The third-order valence-corrected chi connectivity index (χ3v) is 0.711. The molecule has 1 aliphatic rings. The molecule has 1 rings (SSSR count). The Balaban J connectivity index is 0.000000490. The molecule has 0 aliphatic carbocycles. The summed E-state index contributed by atoms with van der Waals surface area (Å²) in [6, 6.07) is 0. The minimum Gasteiger partial charge on any atom is -0.462 e. The molecule has 0 aromatic carbocycles. The van der Waals surface area contributed by atoms with Crippen LogP contribution in [-0.2, 0) is 14.3 Å². The van der Waals surface area contributed by atoms with Crippen LogP contribution in [-0.4, -0.2) is 25.8 Å². The van der Waals surface area contributed by atoms with Crippen LogP contribution in [0.5, 0.6) is 0 Å². The molecule has 48 valence electrons. The molecule has 3 heteroatoms. The standard InChI is InChI=1S/C4H6O3.CH4/c5-4-3-6-1-2-7-4;/h1-3H2;1H4. The number of ether oxygens (including phenoxy) is 2. The van der Waals surface area contributed by atoms with Crippen LogP contribution in [0, 0.1) is 0 Å². The average molecular weight is 118 g/mol. The van der Waals surface area contributed by atoms with Crippen LogP contribution in [0.3, 0.4) is 0 Å². The van der Waals surface area contributed by atoms with E-state index in [1.807, 2.05) is 0 Å². The lowest BCUT2D eigenvalue weighted by Gasteiger charge is -2.09. The van der Waals surface area contributed by atoms with Gasteiger partial charge in [-0.15, -0.1) is 0 Å². The van der Waals surface area contributed by atoms with Crippen LogP contribution in [0.15, 0.2) is 0 Å². The lowest BCUT2D eigenvalue weighted by atomic mass is 10.6. The van der Waals surface area contributed by atoms with Crippen molar-refractivity contribution in [1.29, 1.82) is 0 Å². The molecule has 0 aromatic heterocycles. The maximum absolute atomic E-state index is 10.1. The second-order valence-electron chi connectivity index (χ2n) is 1.27. The fourth-order valence-electron chi connectivity index (χ4n) is 0.412. The fourth-order valence-corrected chi connectivity index (χ4v) is 0.412. The van der Waals surface area contributed by atoms with Gasteiger partial charge in [0.05, 0.1) is 6.61 Å². The van der Waals surface area contributed by atoms with E-state index in [2.05, 4.69) is 4.74 Å². The molecule has 1 aliphatic heterocycles. The maximum atomic E-state index is 10.1. The molecular formula is C5H10O3. The smallest absolute Gasteiger partial charge is 0.332 e. The Kier molecular flexibility index (Phi) is 3.19. The van der Waals surface area contributed by atoms with E-state index in [4.69, 9.17) is 4.74 Å². The zero-order chi connectivity index (χ0) is 5.11. The van der Waals surface area contributed by atoms with Gasteiger partial charge in [0, 0.05) is 0 Å². The molecule has 0 atom stereocenters. The Morgan fingerprint density at radius 1 is 1.38 bits per heavy atom. The zero-order valence-electron chi connectivity index (χ0n) is 3.85. The summed E-state index contributed by atoms with van der Waals surface area (Å²) in [5, 5.41) is 0. The van der Waals surface area contributed by atoms with Crippen molar-refractivity contribution < 1.29 is 14.3 Å². The first-order chi connectivity index (χ1) is 3.39. The van der Waals surface area contributed by atoms with Crippen molar-refractivity contribution in [3.05, 3.63) is 0 Å². The molecule has 0 radical (unpaired) electrons. The number of carbonyl (C=O) groups is 1. The first-order valence-corrected chi connectivity index (χ1v) is 2.13. The maximum Gasteiger partial charge on any atom is 0.332 e. The summed E-state index contributed by atoms with van der Waals surface area (Å²) < 4.78 is 9.22. The normalized spacial score (nSPS) is 18.8. The van der Waals surface area contributed by atoms with Gasteiger partial charge in [-0.25, -0.2) is 4.79 Å². The number of esters is 1. The highest BCUT2D eigenvalue weighted by atomic mass is 16.6. The molecule has 0 N–H and O–H groups in total. The third-order valence-electron chi connectivity index (χ3n) is 0.711. The van der Waals surface area contributed by atoms with Crippen LogP contribution in [0.4, 0.5) is 0 Å². The quantitative estimate of drug-likeness (QED) is 0.426. The minimum atomic E-state index is -0.258. The van der Waals surface area contributed by atoms with E-state index in [1.54, 1.807) is 0 Å². The van der Waals surface area contributed by atoms with Crippen molar-refractivity contribution in [3.8, 4) is 0 Å². The number of cyclic esters (lactones) is 1. The Morgan fingerprint density at radius 3 is 2.38 bits per heavy atom. The molecule has 0 amide bonds. The summed E-state index contributed by atoms with van der Waals surface area (Å²) in [4.78, 5) is 10.1. The zero-order valence-corrected chi connectivity index (χ0v) is 3.85. The lowest BCUT2D eigenvalue weighted by molar-refractivity contribution is -0.159. The number of hydrogen-bond acceptors (Lipinski definition) is 3. The first-order valence-electron chi connectivity index (χ1n) is 2.13. The first kappa shape index (κ1) is 7.43. The van der Waals surface area contributed by atoms with Crippen LogP contribution < -0.4 is 0 Å². The van der Waals surface area contributed by atoms with Gasteiger partial charge in [0.2, 0.25) is 0 Å². The predicted octanol–water partition coefficient (Wildman–Crippen LogP) is 0.196. The van der Waals surface area contributed by atoms with Gasteiger partial charge < -0.3 is 9.47 Å². The summed E-state index contributed by atoms with van der Waals surface area (Å²) in [6.07, 6.45) is 0. The van der Waals surface area contributed by atoms with Gasteiger partial charge in [0.15, 0.2) is 0 Å². The number of rotatable bonds is 0. The number of hydrogen-bond donors (Lipinski definition) is 0. The molecule has 1 fully saturated rings. The van der Waals surface area contributed by atoms with Crippen LogP contribution in [0.2, 0.25) is 0 Å². The second-order valence-corrected chi connectivity index (χ2v) is 1.27. The summed E-state index contributed by atoms with van der Waals surface area (Å²) in [6.45, 7) is 1.09. The highest BCUT2D eigenvalue weighted by Gasteiger charge is 2.06. The molecule has 0 bridgehead atoms. The van der Waals surface area contributed by atoms with Crippen molar-refractivity contribution in [1.82, 2.24) is 0 Å². The monoisotopic (exact) mass is 118 g/mol. The largest absolute Gasteiger partial charge is 0.462 e. The van der Waals surface area contributed by atoms with Crippen molar-refractivity contribution in [2.45, 2.75) is 7.43 Å². The predicted molar refractivity (Wildman–Crippen MR) is 28.5 cm³/mol. The van der Waals surface area contributed by atoms with E-state index >= 15 is 0 Å². The Morgan fingerprint density at radius 2 is 2.12 bits per heavy atom. The van der Waals surface area contributed by atoms with Gasteiger partial charge in [-0.1, -0.05) is 7.43 Å². The minimum absolute atomic E-state index is 0. The lowest BCUT2D eigenvalue weighted by Crippen LogP contribution is -2.22. The van der Waals surface area contributed by atoms with Gasteiger partial charge in [0.25, 0.3) is 0 Å².